The van der Waals surface area contributed by atoms with Crippen LogP contribution in [-0.2, 0) is 0 Å². The van der Waals surface area contributed by atoms with Crippen molar-refractivity contribution in [1.82, 2.24) is 20.3 Å². The second-order valence-corrected chi connectivity index (χ2v) is 7.30. The molecule has 152 valence electrons. The monoisotopic (exact) mass is 413 g/mol. The summed E-state index contributed by atoms with van der Waals surface area (Å²) >= 11 is 1.36. The number of alkyl halides is 2. The van der Waals surface area contributed by atoms with E-state index in [0.29, 0.717) is 10.8 Å². The number of hydrogen-bond donors (Lipinski definition) is 2. The molecule has 3 rings (SSSR count). The number of nitrogens with zero attached hydrogens (tertiary/aromatic N) is 3. The minimum atomic E-state index is -2.65. The Balaban J connectivity index is 1.96. The van der Waals surface area contributed by atoms with Crippen molar-refractivity contribution in [2.24, 2.45) is 0 Å². The Hall–Kier alpha value is -2.56. The number of aromatic nitrogens is 3. The third-order valence-electron chi connectivity index (χ3n) is 4.29. The number of methoxy groups -OCH3 is 1. The van der Waals surface area contributed by atoms with Gasteiger partial charge in [-0.3, -0.25) is 0 Å². The summed E-state index contributed by atoms with van der Waals surface area (Å²) in [6.07, 6.45) is -0.610. The molecule has 0 aliphatic heterocycles. The summed E-state index contributed by atoms with van der Waals surface area (Å²) in [7, 11) is 2.81. The van der Waals surface area contributed by atoms with E-state index in [0.717, 1.165) is 5.69 Å². The third kappa shape index (κ3) is 4.64. The van der Waals surface area contributed by atoms with E-state index in [1.807, 2.05) is 12.3 Å². The van der Waals surface area contributed by atoms with E-state index < -0.39 is 12.0 Å². The number of anilines is 1. The van der Waals surface area contributed by atoms with Crippen LogP contribution < -0.4 is 20.1 Å². The molecule has 0 saturated heterocycles. The molecule has 2 aromatic rings. The number of aryl methyl sites for hydroxylation is 1. The lowest BCUT2D eigenvalue weighted by Gasteiger charge is -2.29. The molecule has 2 N–H and O–H groups in total. The number of halogens is 2. The SMILES string of the molecule is CNC(=O)Oc1c(NC2CCC(F)(F)CC2)nc(-c2nc(C)cs2)nc1OC. The maximum atomic E-state index is 13.5. The fourth-order valence-corrected chi connectivity index (χ4v) is 3.56. The maximum Gasteiger partial charge on any atom is 0.412 e. The fourth-order valence-electron chi connectivity index (χ4n) is 2.83. The van der Waals surface area contributed by atoms with E-state index in [9.17, 15) is 13.6 Å². The Morgan fingerprint density at radius 2 is 2.00 bits per heavy atom. The molecule has 8 nitrogen and oxygen atoms in total. The van der Waals surface area contributed by atoms with Crippen LogP contribution in [-0.4, -0.2) is 47.2 Å². The van der Waals surface area contributed by atoms with Gasteiger partial charge in [0.25, 0.3) is 5.88 Å². The summed E-state index contributed by atoms with van der Waals surface area (Å²) < 4.78 is 37.5. The second kappa shape index (κ2) is 8.21. The molecule has 1 aliphatic carbocycles. The number of thiazole rings is 1. The van der Waals surface area contributed by atoms with Crippen molar-refractivity contribution >= 4 is 23.2 Å². The van der Waals surface area contributed by atoms with Crippen LogP contribution in [0.15, 0.2) is 5.38 Å². The first-order valence-corrected chi connectivity index (χ1v) is 9.61. The van der Waals surface area contributed by atoms with Gasteiger partial charge in [-0.15, -0.1) is 11.3 Å². The predicted octanol–water partition coefficient (Wildman–Crippen LogP) is 3.63. The number of ether oxygens (including phenoxy) is 2. The Morgan fingerprint density at radius 1 is 1.29 bits per heavy atom. The second-order valence-electron chi connectivity index (χ2n) is 6.44. The van der Waals surface area contributed by atoms with Crippen LogP contribution in [0.4, 0.5) is 19.4 Å². The highest BCUT2D eigenvalue weighted by atomic mass is 32.1. The lowest BCUT2D eigenvalue weighted by Crippen LogP contribution is -2.32. The third-order valence-corrected chi connectivity index (χ3v) is 5.25. The van der Waals surface area contributed by atoms with Gasteiger partial charge >= 0.3 is 6.09 Å². The van der Waals surface area contributed by atoms with Crippen LogP contribution in [0.25, 0.3) is 10.8 Å². The molecule has 1 saturated carbocycles. The van der Waals surface area contributed by atoms with E-state index in [1.165, 1.54) is 25.5 Å². The number of carbonyl (C=O) groups is 1. The van der Waals surface area contributed by atoms with Crippen LogP contribution >= 0.6 is 11.3 Å². The molecule has 0 spiro atoms. The normalized spacial score (nSPS) is 16.5. The van der Waals surface area contributed by atoms with Gasteiger partial charge in [0.15, 0.2) is 16.6 Å². The Bertz CT molecular complexity index is 851. The van der Waals surface area contributed by atoms with E-state index >= 15 is 0 Å². The van der Waals surface area contributed by atoms with E-state index in [1.54, 1.807) is 0 Å². The number of rotatable bonds is 5. The first-order valence-electron chi connectivity index (χ1n) is 8.74. The summed E-state index contributed by atoms with van der Waals surface area (Å²) in [5, 5.41) is 7.89. The highest BCUT2D eigenvalue weighted by Gasteiger charge is 2.35. The number of hydrogen-bond acceptors (Lipinski definition) is 8. The van der Waals surface area contributed by atoms with Crippen molar-refractivity contribution in [1.29, 1.82) is 0 Å². The van der Waals surface area contributed by atoms with Gasteiger partial charge in [0.2, 0.25) is 11.7 Å². The molecular weight excluding hydrogens is 392 g/mol. The molecular formula is C17H21F2N5O3S. The summed E-state index contributed by atoms with van der Waals surface area (Å²) in [5.74, 6) is -2.11. The molecule has 1 amide bonds. The number of carbonyl (C=O) groups excluding carboxylic acids is 1. The highest BCUT2D eigenvalue weighted by Crippen LogP contribution is 2.39. The minimum Gasteiger partial charge on any atom is -0.478 e. The maximum absolute atomic E-state index is 13.5. The van der Waals surface area contributed by atoms with E-state index in [2.05, 4.69) is 25.6 Å². The Kier molecular flexibility index (Phi) is 5.92. The zero-order chi connectivity index (χ0) is 20.3. The van der Waals surface area contributed by atoms with Crippen molar-refractivity contribution in [2.45, 2.75) is 44.6 Å². The number of nitrogens with one attached hydrogen (secondary N) is 2. The average molecular weight is 413 g/mol. The molecule has 0 atom stereocenters. The van der Waals surface area contributed by atoms with Gasteiger partial charge < -0.3 is 20.1 Å². The Morgan fingerprint density at radius 3 is 2.57 bits per heavy atom. The van der Waals surface area contributed by atoms with Crippen LogP contribution in [0.2, 0.25) is 0 Å². The molecule has 28 heavy (non-hydrogen) atoms. The largest absolute Gasteiger partial charge is 0.478 e. The first-order chi connectivity index (χ1) is 13.3. The molecule has 1 fully saturated rings. The van der Waals surface area contributed by atoms with Gasteiger partial charge in [-0.2, -0.15) is 4.98 Å². The molecule has 1 aliphatic rings. The van der Waals surface area contributed by atoms with Crippen LogP contribution in [0.3, 0.4) is 0 Å². The van der Waals surface area contributed by atoms with Gasteiger partial charge in [-0.1, -0.05) is 0 Å². The van der Waals surface area contributed by atoms with Crippen LogP contribution in [0.5, 0.6) is 11.6 Å². The van der Waals surface area contributed by atoms with Crippen molar-refractivity contribution in [2.75, 3.05) is 19.5 Å². The zero-order valence-corrected chi connectivity index (χ0v) is 16.5. The molecule has 0 bridgehead atoms. The molecule has 0 radical (unpaired) electrons. The summed E-state index contributed by atoms with van der Waals surface area (Å²) in [6.45, 7) is 1.85. The van der Waals surface area contributed by atoms with Crippen LogP contribution in [0.1, 0.15) is 31.4 Å². The van der Waals surface area contributed by atoms with Gasteiger partial charge in [-0.05, 0) is 19.8 Å². The van der Waals surface area contributed by atoms with Gasteiger partial charge in [0.1, 0.15) is 0 Å². The minimum absolute atomic E-state index is 0.00351. The molecule has 0 unspecified atom stereocenters. The highest BCUT2D eigenvalue weighted by molar-refractivity contribution is 7.13. The lowest BCUT2D eigenvalue weighted by atomic mass is 9.92. The van der Waals surface area contributed by atoms with Gasteiger partial charge in [0.05, 0.1) is 7.11 Å². The van der Waals surface area contributed by atoms with Gasteiger partial charge in [-0.25, -0.2) is 23.5 Å². The predicted molar refractivity (Wildman–Crippen MR) is 100 cm³/mol. The molecule has 11 heteroatoms. The summed E-state index contributed by atoms with van der Waals surface area (Å²) in [5.41, 5.74) is 0.817. The first kappa shape index (κ1) is 20.2. The van der Waals surface area contributed by atoms with E-state index in [4.69, 9.17) is 9.47 Å². The van der Waals surface area contributed by atoms with Crippen molar-refractivity contribution in [3.8, 4) is 22.5 Å². The molecule has 2 aromatic heterocycles. The summed E-state index contributed by atoms with van der Waals surface area (Å²) in [4.78, 5) is 24.8. The van der Waals surface area contributed by atoms with Crippen LogP contribution in [0, 0.1) is 6.92 Å². The van der Waals surface area contributed by atoms with Crippen molar-refractivity contribution in [3.63, 3.8) is 0 Å². The standard InChI is InChI=1S/C17H21F2N5O3S/c1-9-8-28-15(21-9)13-23-12(22-10-4-6-17(18,19)7-5-10)11(14(24-13)26-3)27-16(25)20-2/h8,10H,4-7H2,1-3H3,(H,20,25)(H,22,23,24). The molecule has 2 heterocycles. The quantitative estimate of drug-likeness (QED) is 0.772. The van der Waals surface area contributed by atoms with E-state index in [-0.39, 0.29) is 49.2 Å². The Labute approximate surface area is 164 Å². The zero-order valence-electron chi connectivity index (χ0n) is 15.7. The van der Waals surface area contributed by atoms with Crippen molar-refractivity contribution < 1.29 is 23.0 Å². The molecule has 0 aromatic carbocycles. The number of amides is 1. The topological polar surface area (TPSA) is 98.3 Å². The lowest BCUT2D eigenvalue weighted by molar-refractivity contribution is -0.0361. The fraction of sp³-hybridized carbons (Fsp3) is 0.529. The van der Waals surface area contributed by atoms with Gasteiger partial charge in [0, 0.05) is 37.0 Å². The smallest absolute Gasteiger partial charge is 0.412 e. The average Bonchev–Trinajstić information content (AvgIpc) is 3.10. The van der Waals surface area contributed by atoms with Crippen molar-refractivity contribution in [3.05, 3.63) is 11.1 Å². The summed E-state index contributed by atoms with van der Waals surface area (Å²) in [6, 6.07) is -0.239.